The predicted molar refractivity (Wildman–Crippen MR) is 122 cm³/mol. The Morgan fingerprint density at radius 2 is 1.64 bits per heavy atom. The van der Waals surface area contributed by atoms with Crippen LogP contribution >= 0.6 is 0 Å². The van der Waals surface area contributed by atoms with Gasteiger partial charge >= 0.3 is 0 Å². The second-order valence-electron chi connectivity index (χ2n) is 8.69. The van der Waals surface area contributed by atoms with E-state index in [1.165, 1.54) is 11.6 Å². The number of amides is 2. The van der Waals surface area contributed by atoms with E-state index in [0.717, 1.165) is 57.7 Å². The van der Waals surface area contributed by atoms with Gasteiger partial charge in [0.1, 0.15) is 6.54 Å². The summed E-state index contributed by atoms with van der Waals surface area (Å²) in [5.74, 6) is -2.60. The van der Waals surface area contributed by atoms with Gasteiger partial charge in [0.05, 0.1) is 0 Å². The molecule has 2 fully saturated rings. The first-order chi connectivity index (χ1) is 16.0. The Bertz CT molecular complexity index is 958. The highest BCUT2D eigenvalue weighted by atomic mass is 19.2. The molecular formula is C25H30F2N4O2. The van der Waals surface area contributed by atoms with Gasteiger partial charge in [0, 0.05) is 57.4 Å². The van der Waals surface area contributed by atoms with Crippen LogP contribution in [0.4, 0.5) is 8.78 Å². The topological polar surface area (TPSA) is 55.9 Å². The SMILES string of the molecule is O=C(CN(C(=O)c1ccc(F)c(F)c1)C1CCN(Cc2ccccc2)CC1)N1CCNCC1. The second kappa shape index (κ2) is 10.9. The second-order valence-corrected chi connectivity index (χ2v) is 8.69. The molecule has 0 saturated carbocycles. The van der Waals surface area contributed by atoms with Crippen LogP contribution in [0.3, 0.4) is 0 Å². The van der Waals surface area contributed by atoms with Gasteiger partial charge in [0.15, 0.2) is 11.6 Å². The number of likely N-dealkylation sites (tertiary alicyclic amines) is 1. The van der Waals surface area contributed by atoms with Crippen molar-refractivity contribution in [2.24, 2.45) is 0 Å². The zero-order chi connectivity index (χ0) is 23.2. The normalized spacial score (nSPS) is 17.7. The summed E-state index contributed by atoms with van der Waals surface area (Å²) in [6, 6.07) is 13.3. The van der Waals surface area contributed by atoms with Crippen molar-refractivity contribution in [1.29, 1.82) is 0 Å². The summed E-state index contributed by atoms with van der Waals surface area (Å²) in [4.78, 5) is 32.0. The number of rotatable bonds is 6. The van der Waals surface area contributed by atoms with E-state index < -0.39 is 17.5 Å². The summed E-state index contributed by atoms with van der Waals surface area (Å²) in [5, 5.41) is 3.21. The Morgan fingerprint density at radius 3 is 2.30 bits per heavy atom. The maximum atomic E-state index is 13.8. The van der Waals surface area contributed by atoms with Gasteiger partial charge in [-0.25, -0.2) is 8.78 Å². The molecule has 33 heavy (non-hydrogen) atoms. The standard InChI is InChI=1S/C25H30F2N4O2/c26-22-7-6-20(16-23(22)27)25(33)31(18-24(32)30-14-10-28-11-15-30)21-8-12-29(13-9-21)17-19-4-2-1-3-5-19/h1-7,16,21,28H,8-15,17-18H2. The summed E-state index contributed by atoms with van der Waals surface area (Å²) in [6.45, 7) is 5.02. The van der Waals surface area contributed by atoms with Crippen LogP contribution in [0.5, 0.6) is 0 Å². The van der Waals surface area contributed by atoms with Crippen molar-refractivity contribution in [3.63, 3.8) is 0 Å². The molecule has 0 aliphatic carbocycles. The van der Waals surface area contributed by atoms with Gasteiger partial charge < -0.3 is 15.1 Å². The predicted octanol–water partition coefficient (Wildman–Crippen LogP) is 2.50. The lowest BCUT2D eigenvalue weighted by atomic mass is 10.0. The quantitative estimate of drug-likeness (QED) is 0.726. The summed E-state index contributed by atoms with van der Waals surface area (Å²) in [7, 11) is 0. The largest absolute Gasteiger partial charge is 0.339 e. The summed E-state index contributed by atoms with van der Waals surface area (Å²) < 4.78 is 27.2. The van der Waals surface area contributed by atoms with Crippen LogP contribution in [-0.2, 0) is 11.3 Å². The van der Waals surface area contributed by atoms with Gasteiger partial charge in [-0.2, -0.15) is 0 Å². The van der Waals surface area contributed by atoms with E-state index in [2.05, 4.69) is 22.3 Å². The third-order valence-corrected chi connectivity index (χ3v) is 6.45. The minimum Gasteiger partial charge on any atom is -0.339 e. The Hall–Kier alpha value is -2.84. The van der Waals surface area contributed by atoms with Crippen LogP contribution in [0, 0.1) is 11.6 Å². The first-order valence-electron chi connectivity index (χ1n) is 11.5. The Labute approximate surface area is 193 Å². The first kappa shape index (κ1) is 23.3. The number of carbonyl (C=O) groups is 2. The van der Waals surface area contributed by atoms with Crippen LogP contribution < -0.4 is 5.32 Å². The van der Waals surface area contributed by atoms with Crippen molar-refractivity contribution in [2.75, 3.05) is 45.8 Å². The summed E-state index contributed by atoms with van der Waals surface area (Å²) in [5.41, 5.74) is 1.30. The zero-order valence-electron chi connectivity index (χ0n) is 18.7. The molecular weight excluding hydrogens is 426 g/mol. The monoisotopic (exact) mass is 456 g/mol. The summed E-state index contributed by atoms with van der Waals surface area (Å²) in [6.07, 6.45) is 1.44. The lowest BCUT2D eigenvalue weighted by Gasteiger charge is -2.39. The van der Waals surface area contributed by atoms with Crippen molar-refractivity contribution in [3.8, 4) is 0 Å². The Morgan fingerprint density at radius 1 is 0.939 bits per heavy atom. The van der Waals surface area contributed by atoms with E-state index in [4.69, 9.17) is 0 Å². The van der Waals surface area contributed by atoms with Crippen molar-refractivity contribution in [1.82, 2.24) is 20.0 Å². The van der Waals surface area contributed by atoms with E-state index in [9.17, 15) is 18.4 Å². The third kappa shape index (κ3) is 5.94. The van der Waals surface area contributed by atoms with Crippen molar-refractivity contribution in [3.05, 3.63) is 71.3 Å². The van der Waals surface area contributed by atoms with Gasteiger partial charge in [0.25, 0.3) is 5.91 Å². The molecule has 2 aliphatic rings. The highest BCUT2D eigenvalue weighted by Crippen LogP contribution is 2.22. The minimum atomic E-state index is -1.06. The Balaban J connectivity index is 1.46. The van der Waals surface area contributed by atoms with Crippen molar-refractivity contribution >= 4 is 11.8 Å². The van der Waals surface area contributed by atoms with E-state index in [1.54, 1.807) is 9.80 Å². The molecule has 2 saturated heterocycles. The van der Waals surface area contributed by atoms with E-state index >= 15 is 0 Å². The first-order valence-corrected chi connectivity index (χ1v) is 11.5. The highest BCUT2D eigenvalue weighted by molar-refractivity contribution is 5.96. The number of nitrogens with zero attached hydrogens (tertiary/aromatic N) is 3. The van der Waals surface area contributed by atoms with Gasteiger partial charge in [-0.3, -0.25) is 14.5 Å². The number of halogens is 2. The number of piperidine rings is 1. The van der Waals surface area contributed by atoms with Crippen LogP contribution in [-0.4, -0.2) is 78.4 Å². The van der Waals surface area contributed by atoms with E-state index in [0.29, 0.717) is 13.1 Å². The Kier molecular flexibility index (Phi) is 7.67. The molecule has 176 valence electrons. The molecule has 0 bridgehead atoms. The fraction of sp³-hybridized carbons (Fsp3) is 0.440. The third-order valence-electron chi connectivity index (χ3n) is 6.45. The number of hydrogen-bond donors (Lipinski definition) is 1. The van der Waals surface area contributed by atoms with Gasteiger partial charge in [-0.1, -0.05) is 30.3 Å². The molecule has 2 aliphatic heterocycles. The molecule has 0 radical (unpaired) electrons. The molecule has 0 spiro atoms. The summed E-state index contributed by atoms with van der Waals surface area (Å²) >= 11 is 0. The number of benzene rings is 2. The molecule has 2 aromatic rings. The van der Waals surface area contributed by atoms with Crippen LogP contribution in [0.1, 0.15) is 28.8 Å². The highest BCUT2D eigenvalue weighted by Gasteiger charge is 2.32. The molecule has 2 heterocycles. The maximum Gasteiger partial charge on any atom is 0.254 e. The van der Waals surface area contributed by atoms with Crippen LogP contribution in [0.2, 0.25) is 0 Å². The van der Waals surface area contributed by atoms with Crippen LogP contribution in [0.15, 0.2) is 48.5 Å². The average Bonchev–Trinajstić information content (AvgIpc) is 2.85. The maximum absolute atomic E-state index is 13.8. The molecule has 4 rings (SSSR count). The molecule has 0 atom stereocenters. The smallest absolute Gasteiger partial charge is 0.254 e. The number of nitrogens with one attached hydrogen (secondary N) is 1. The van der Waals surface area contributed by atoms with E-state index in [-0.39, 0.29) is 24.1 Å². The van der Waals surface area contributed by atoms with Crippen LogP contribution in [0.25, 0.3) is 0 Å². The lowest BCUT2D eigenvalue weighted by molar-refractivity contribution is -0.133. The molecule has 6 nitrogen and oxygen atoms in total. The fourth-order valence-corrected chi connectivity index (χ4v) is 4.55. The lowest BCUT2D eigenvalue weighted by Crippen LogP contribution is -2.54. The molecule has 8 heteroatoms. The van der Waals surface area contributed by atoms with Crippen molar-refractivity contribution in [2.45, 2.75) is 25.4 Å². The number of piperazine rings is 1. The molecule has 2 amide bonds. The minimum absolute atomic E-state index is 0.0544. The van der Waals surface area contributed by atoms with Gasteiger partial charge in [-0.15, -0.1) is 0 Å². The molecule has 2 aromatic carbocycles. The van der Waals surface area contributed by atoms with E-state index in [1.807, 2.05) is 18.2 Å². The van der Waals surface area contributed by atoms with Gasteiger partial charge in [-0.05, 0) is 36.6 Å². The number of hydrogen-bond acceptors (Lipinski definition) is 4. The fourth-order valence-electron chi connectivity index (χ4n) is 4.55. The average molecular weight is 457 g/mol. The van der Waals surface area contributed by atoms with Gasteiger partial charge in [0.2, 0.25) is 5.91 Å². The number of carbonyl (C=O) groups excluding carboxylic acids is 2. The molecule has 0 unspecified atom stereocenters. The molecule has 0 aromatic heterocycles. The molecule has 1 N–H and O–H groups in total. The van der Waals surface area contributed by atoms with Crippen molar-refractivity contribution < 1.29 is 18.4 Å². The zero-order valence-corrected chi connectivity index (χ0v) is 18.7.